The molecule has 0 aliphatic heterocycles. The Morgan fingerprint density at radius 2 is 1.92 bits per heavy atom. The summed E-state index contributed by atoms with van der Waals surface area (Å²) in [5, 5.41) is 11.4. The molecule has 7 atom stereocenters. The number of aliphatic hydroxyl groups is 1. The Kier molecular flexibility index (Phi) is 8.44. The number of Topliss-reactive ketones (excluding diaryl/α,β-unsaturated/α-hetero) is 1. The topological polar surface area (TPSA) is 89.9 Å². The highest BCUT2D eigenvalue weighted by Crippen LogP contribution is 2.66. The van der Waals surface area contributed by atoms with Crippen molar-refractivity contribution in [2.45, 2.75) is 65.4 Å². The number of aliphatic hydroxyl groups excluding tert-OH is 1. The molecule has 0 amide bonds. The van der Waals surface area contributed by atoms with Gasteiger partial charge in [-0.25, -0.2) is 14.0 Å². The number of ketones is 1. The molecule has 0 aromatic heterocycles. The third-order valence-corrected chi connectivity index (χ3v) is 10.4. The van der Waals surface area contributed by atoms with E-state index < -0.39 is 41.3 Å². The second kappa shape index (κ2) is 11.2. The van der Waals surface area contributed by atoms with Crippen molar-refractivity contribution >= 4 is 35.4 Å². The highest BCUT2D eigenvalue weighted by molar-refractivity contribution is 6.30. The fraction of sp³-hybridized carbons (Fsp3) is 0.581. The lowest BCUT2D eigenvalue weighted by Gasteiger charge is -2.55. The lowest BCUT2D eigenvalue weighted by atomic mass is 9.48. The van der Waals surface area contributed by atoms with Gasteiger partial charge in [-0.3, -0.25) is 4.79 Å². The van der Waals surface area contributed by atoms with Crippen LogP contribution in [0.3, 0.4) is 0 Å². The van der Waals surface area contributed by atoms with Crippen molar-refractivity contribution in [2.75, 3.05) is 13.2 Å². The van der Waals surface area contributed by atoms with E-state index >= 15 is 0 Å². The van der Waals surface area contributed by atoms with Gasteiger partial charge < -0.3 is 14.6 Å². The lowest BCUT2D eigenvalue weighted by Crippen LogP contribution is -2.56. The van der Waals surface area contributed by atoms with Gasteiger partial charge in [-0.15, -0.1) is 6.58 Å². The van der Waals surface area contributed by atoms with Crippen LogP contribution in [0.25, 0.3) is 6.08 Å². The number of benzene rings is 1. The molecule has 0 saturated heterocycles. The van der Waals surface area contributed by atoms with Gasteiger partial charge in [-0.2, -0.15) is 0 Å². The van der Waals surface area contributed by atoms with Crippen LogP contribution in [-0.4, -0.2) is 42.1 Å². The number of esters is 2. The number of fused-ring (bicyclic) bond motifs is 5. The van der Waals surface area contributed by atoms with Gasteiger partial charge in [0.25, 0.3) is 0 Å². The maximum absolute atomic E-state index is 13.4. The molecule has 1 N–H and O–H groups in total. The van der Waals surface area contributed by atoms with E-state index in [2.05, 4.69) is 13.5 Å². The zero-order valence-corrected chi connectivity index (χ0v) is 23.6. The van der Waals surface area contributed by atoms with E-state index in [1.54, 1.807) is 0 Å². The predicted octanol–water partition coefficient (Wildman–Crippen LogP) is 5.94. The summed E-state index contributed by atoms with van der Waals surface area (Å²) >= 11 is 5.75. The minimum Gasteiger partial charge on any atom is -0.463 e. The number of rotatable bonds is 7. The number of ether oxygens (including phenoxy) is 2. The summed E-state index contributed by atoms with van der Waals surface area (Å²) in [5.74, 6) is -2.13. The van der Waals surface area contributed by atoms with Crippen LogP contribution in [0.1, 0.15) is 64.9 Å². The fourth-order valence-electron chi connectivity index (χ4n) is 7.64. The Bertz CT molecular complexity index is 1180. The summed E-state index contributed by atoms with van der Waals surface area (Å²) in [7, 11) is 0. The molecule has 1 aromatic carbocycles. The van der Waals surface area contributed by atoms with Gasteiger partial charge in [0.05, 0.1) is 17.7 Å². The molecule has 39 heavy (non-hydrogen) atoms. The zero-order valence-electron chi connectivity index (χ0n) is 22.9. The van der Waals surface area contributed by atoms with Gasteiger partial charge in [-0.05, 0) is 73.1 Å². The fourth-order valence-corrected chi connectivity index (χ4v) is 7.83. The van der Waals surface area contributed by atoms with Crippen molar-refractivity contribution in [3.8, 4) is 0 Å². The van der Waals surface area contributed by atoms with Crippen LogP contribution in [0.4, 0.5) is 4.39 Å². The quantitative estimate of drug-likeness (QED) is 0.252. The smallest absolute Gasteiger partial charge is 0.344 e. The minimum absolute atomic E-state index is 0.0454. The van der Waals surface area contributed by atoms with Crippen molar-refractivity contribution in [3.63, 3.8) is 0 Å². The highest BCUT2D eigenvalue weighted by atomic mass is 35.5. The highest BCUT2D eigenvalue weighted by Gasteiger charge is 2.65. The molecule has 5 rings (SSSR count). The normalized spacial score (nSPS) is 36.1. The van der Waals surface area contributed by atoms with Crippen LogP contribution in [0, 0.1) is 39.8 Å². The van der Waals surface area contributed by atoms with E-state index in [-0.39, 0.29) is 40.6 Å². The predicted molar refractivity (Wildman–Crippen MR) is 146 cm³/mol. The Morgan fingerprint density at radius 3 is 2.62 bits per heavy atom. The van der Waals surface area contributed by atoms with E-state index in [4.69, 9.17) is 21.1 Å². The van der Waals surface area contributed by atoms with Gasteiger partial charge in [0.1, 0.15) is 11.6 Å². The van der Waals surface area contributed by atoms with Crippen molar-refractivity contribution < 1.29 is 33.4 Å². The number of hydrogen-bond donors (Lipinski definition) is 1. The van der Waals surface area contributed by atoms with Crippen LogP contribution >= 0.6 is 11.6 Å². The molecule has 4 aliphatic rings. The molecule has 6 nitrogen and oxygen atoms in total. The lowest BCUT2D eigenvalue weighted by molar-refractivity contribution is -0.171. The standard InChI is InChI=1S/C31H38ClFO6/c1-5-29(3)13-10-21-11-14-31(19(2)28(29)37)15-12-24(34)27(31)30(21,4)18-39-26(36)17-38-25(35)9-7-20-6-8-23(33)22(32)16-20/h5-9,16,19,21,27-28,37H,1,10-15,17-18H2,2-4H3/b9-7+/t19-,21+,27-,28-,29+,30+,31-/m0/s1. The van der Waals surface area contributed by atoms with E-state index in [9.17, 15) is 23.9 Å². The maximum Gasteiger partial charge on any atom is 0.344 e. The average molecular weight is 561 g/mol. The van der Waals surface area contributed by atoms with Crippen LogP contribution in [0.2, 0.25) is 5.02 Å². The summed E-state index contributed by atoms with van der Waals surface area (Å²) in [5.41, 5.74) is -0.906. The molecule has 0 radical (unpaired) electrons. The van der Waals surface area contributed by atoms with Gasteiger partial charge in [0.15, 0.2) is 6.61 Å². The summed E-state index contributed by atoms with van der Waals surface area (Å²) in [4.78, 5) is 38.2. The summed E-state index contributed by atoms with van der Waals surface area (Å²) in [6, 6.07) is 4.02. The van der Waals surface area contributed by atoms with Crippen molar-refractivity contribution in [3.05, 3.63) is 53.3 Å². The third-order valence-electron chi connectivity index (χ3n) is 10.1. The van der Waals surface area contributed by atoms with E-state index in [0.29, 0.717) is 12.0 Å². The molecule has 0 unspecified atom stereocenters. The first kappa shape index (κ1) is 29.5. The van der Waals surface area contributed by atoms with E-state index in [1.165, 1.54) is 24.3 Å². The summed E-state index contributed by atoms with van der Waals surface area (Å²) in [6.07, 6.45) is 8.24. The SMILES string of the molecule is C=C[C@]1(C)CC[C@@H]2CC[C@]3(CCC(=O)[C@H]3[C@]2(C)COC(=O)COC(=O)/C=C/c2ccc(F)c(Cl)c2)[C@@H](C)[C@@H]1O. The molecule has 0 heterocycles. The largest absolute Gasteiger partial charge is 0.463 e. The molecule has 4 aliphatic carbocycles. The minimum atomic E-state index is -0.753. The molecule has 1 spiro atoms. The molecular weight excluding hydrogens is 523 g/mol. The summed E-state index contributed by atoms with van der Waals surface area (Å²) in [6.45, 7) is 9.64. The Hall–Kier alpha value is -2.51. The zero-order chi connectivity index (χ0) is 28.6. The molecule has 1 aromatic rings. The number of halogens is 2. The Labute approximate surface area is 234 Å². The van der Waals surface area contributed by atoms with Crippen molar-refractivity contribution in [1.82, 2.24) is 0 Å². The number of carbonyl (C=O) groups is 3. The summed E-state index contributed by atoms with van der Waals surface area (Å²) < 4.78 is 24.0. The average Bonchev–Trinajstić information content (AvgIpc) is 3.29. The number of hydrogen-bond acceptors (Lipinski definition) is 6. The molecule has 2 bridgehead atoms. The molecular formula is C31H38ClFO6. The van der Waals surface area contributed by atoms with Crippen LogP contribution in [-0.2, 0) is 23.9 Å². The number of carbonyl (C=O) groups excluding carboxylic acids is 3. The second-order valence-electron chi connectivity index (χ2n) is 12.1. The Balaban J connectivity index is 1.45. The van der Waals surface area contributed by atoms with Gasteiger partial charge in [0, 0.05) is 29.2 Å². The first-order valence-corrected chi connectivity index (χ1v) is 14.0. The molecule has 8 heteroatoms. The second-order valence-corrected chi connectivity index (χ2v) is 12.5. The van der Waals surface area contributed by atoms with Crippen LogP contribution < -0.4 is 0 Å². The first-order valence-electron chi connectivity index (χ1n) is 13.7. The van der Waals surface area contributed by atoms with E-state index in [1.807, 2.05) is 19.9 Å². The molecule has 212 valence electrons. The third kappa shape index (κ3) is 5.45. The van der Waals surface area contributed by atoms with E-state index in [0.717, 1.165) is 38.2 Å². The van der Waals surface area contributed by atoms with Crippen molar-refractivity contribution in [2.24, 2.45) is 34.0 Å². The van der Waals surface area contributed by atoms with Crippen LogP contribution in [0.5, 0.6) is 0 Å². The van der Waals surface area contributed by atoms with Gasteiger partial charge in [-0.1, -0.05) is 44.5 Å². The molecule has 4 fully saturated rings. The van der Waals surface area contributed by atoms with Crippen molar-refractivity contribution in [1.29, 1.82) is 0 Å². The van der Waals surface area contributed by atoms with Gasteiger partial charge in [0.2, 0.25) is 0 Å². The maximum atomic E-state index is 13.4. The monoisotopic (exact) mass is 560 g/mol. The van der Waals surface area contributed by atoms with Crippen LogP contribution in [0.15, 0.2) is 36.9 Å². The first-order chi connectivity index (χ1) is 18.4. The van der Waals surface area contributed by atoms with Gasteiger partial charge >= 0.3 is 11.9 Å². The Morgan fingerprint density at radius 1 is 1.21 bits per heavy atom. The molecule has 4 saturated carbocycles.